The van der Waals surface area contributed by atoms with Crippen molar-refractivity contribution in [3.8, 4) is 0 Å². The molecule has 0 bridgehead atoms. The maximum absolute atomic E-state index is 11.8. The number of carbonyl (C=O) groups is 1. The topological polar surface area (TPSA) is 69.6 Å². The first-order valence-corrected chi connectivity index (χ1v) is 9.18. The minimum absolute atomic E-state index is 0.336. The number of carboxylic acid groups (broad SMARTS) is 1. The Morgan fingerprint density at radius 2 is 1.95 bits per heavy atom. The first-order valence-electron chi connectivity index (χ1n) is 7.69. The van der Waals surface area contributed by atoms with E-state index in [-0.39, 0.29) is 0 Å². The third-order valence-electron chi connectivity index (χ3n) is 4.92. The Hall–Kier alpha value is -0.460. The summed E-state index contributed by atoms with van der Waals surface area (Å²) >= 11 is 0. The molecule has 5 nitrogen and oxygen atoms in total. The second kappa shape index (κ2) is 5.73. The predicted molar refractivity (Wildman–Crippen MR) is 78.2 cm³/mol. The molecule has 2 unspecified atom stereocenters. The summed E-state index contributed by atoms with van der Waals surface area (Å²) in [6.07, 6.45) is 5.72. The van der Waals surface area contributed by atoms with Crippen LogP contribution in [0.15, 0.2) is 0 Å². The van der Waals surface area contributed by atoms with Crippen molar-refractivity contribution in [1.82, 2.24) is 10.2 Å². The highest BCUT2D eigenvalue weighted by Crippen LogP contribution is 2.35. The summed E-state index contributed by atoms with van der Waals surface area (Å²) in [4.78, 5) is 14.2. The Labute approximate surface area is 122 Å². The molecule has 1 heterocycles. The Kier molecular flexibility index (Phi) is 4.15. The van der Waals surface area contributed by atoms with Crippen LogP contribution >= 0.6 is 0 Å². The van der Waals surface area contributed by atoms with Gasteiger partial charge in [0, 0.05) is 47.5 Å². The molecule has 2 saturated carbocycles. The van der Waals surface area contributed by atoms with Crippen molar-refractivity contribution in [2.24, 2.45) is 0 Å². The molecule has 2 N–H and O–H groups in total. The molecule has 0 radical (unpaired) electrons. The fourth-order valence-corrected chi connectivity index (χ4v) is 4.66. The average molecular weight is 300 g/mol. The van der Waals surface area contributed by atoms with Crippen molar-refractivity contribution in [2.75, 3.05) is 24.6 Å². The number of hydrogen-bond donors (Lipinski definition) is 2. The SMILES string of the molecule is O=C(O)C1(NC2CC2)CCCC(N2CCS(=O)CC2)C1. The zero-order valence-corrected chi connectivity index (χ0v) is 12.7. The van der Waals surface area contributed by atoms with Gasteiger partial charge in [-0.25, -0.2) is 0 Å². The summed E-state index contributed by atoms with van der Waals surface area (Å²) in [5, 5.41) is 13.1. The molecule has 0 aromatic carbocycles. The van der Waals surface area contributed by atoms with Crippen LogP contribution in [0.4, 0.5) is 0 Å². The second-order valence-corrected chi connectivity index (χ2v) is 8.14. The van der Waals surface area contributed by atoms with Crippen LogP contribution < -0.4 is 5.32 Å². The van der Waals surface area contributed by atoms with E-state index in [1.165, 1.54) is 0 Å². The lowest BCUT2D eigenvalue weighted by Gasteiger charge is -2.44. The van der Waals surface area contributed by atoms with Crippen molar-refractivity contribution in [3.05, 3.63) is 0 Å². The van der Waals surface area contributed by atoms with Gasteiger partial charge < -0.3 is 5.11 Å². The Morgan fingerprint density at radius 1 is 1.25 bits per heavy atom. The summed E-state index contributed by atoms with van der Waals surface area (Å²) in [5.74, 6) is 0.800. The molecule has 20 heavy (non-hydrogen) atoms. The Bertz CT molecular complexity index is 403. The number of aliphatic carboxylic acids is 1. The van der Waals surface area contributed by atoms with Gasteiger partial charge in [0.25, 0.3) is 0 Å². The molecular formula is C14H24N2O3S. The van der Waals surface area contributed by atoms with Crippen molar-refractivity contribution < 1.29 is 14.1 Å². The van der Waals surface area contributed by atoms with Gasteiger partial charge in [0.15, 0.2) is 0 Å². The molecule has 0 aromatic rings. The van der Waals surface area contributed by atoms with Crippen LogP contribution in [0.5, 0.6) is 0 Å². The molecule has 2 atom stereocenters. The summed E-state index contributed by atoms with van der Waals surface area (Å²) in [6.45, 7) is 1.72. The van der Waals surface area contributed by atoms with Gasteiger partial charge in [0.1, 0.15) is 5.54 Å². The van der Waals surface area contributed by atoms with E-state index in [9.17, 15) is 14.1 Å². The third kappa shape index (κ3) is 3.07. The van der Waals surface area contributed by atoms with Crippen LogP contribution in [0, 0.1) is 0 Å². The van der Waals surface area contributed by atoms with Gasteiger partial charge in [-0.3, -0.25) is 19.2 Å². The number of hydrogen-bond acceptors (Lipinski definition) is 4. The number of nitrogens with one attached hydrogen (secondary N) is 1. The molecule has 1 aliphatic heterocycles. The summed E-state index contributed by atoms with van der Waals surface area (Å²) < 4.78 is 11.5. The van der Waals surface area contributed by atoms with E-state index in [1.807, 2.05) is 0 Å². The molecule has 6 heteroatoms. The summed E-state index contributed by atoms with van der Waals surface area (Å²) in [7, 11) is -0.666. The van der Waals surface area contributed by atoms with Crippen LogP contribution in [0.1, 0.15) is 38.5 Å². The number of rotatable bonds is 4. The quantitative estimate of drug-likeness (QED) is 0.794. The number of carboxylic acids is 1. The molecule has 114 valence electrons. The van der Waals surface area contributed by atoms with Gasteiger partial charge in [-0.15, -0.1) is 0 Å². The standard InChI is InChI=1S/C14H24N2O3S/c17-13(18)14(15-11-3-4-11)5-1-2-12(10-14)16-6-8-20(19)9-7-16/h11-12,15H,1-10H2,(H,17,18). The summed E-state index contributed by atoms with van der Waals surface area (Å²) in [5.41, 5.74) is -0.722. The lowest BCUT2D eigenvalue weighted by atomic mass is 9.78. The van der Waals surface area contributed by atoms with E-state index in [4.69, 9.17) is 0 Å². The minimum atomic E-state index is -0.722. The lowest BCUT2D eigenvalue weighted by Crippen LogP contribution is -2.60. The maximum atomic E-state index is 11.8. The molecule has 3 fully saturated rings. The van der Waals surface area contributed by atoms with E-state index in [0.717, 1.165) is 56.7 Å². The van der Waals surface area contributed by atoms with Crippen molar-refractivity contribution in [2.45, 2.75) is 56.1 Å². The molecular weight excluding hydrogens is 276 g/mol. The average Bonchev–Trinajstić information content (AvgIpc) is 3.23. The van der Waals surface area contributed by atoms with Crippen molar-refractivity contribution >= 4 is 16.8 Å². The van der Waals surface area contributed by atoms with Crippen molar-refractivity contribution in [3.63, 3.8) is 0 Å². The van der Waals surface area contributed by atoms with Gasteiger partial charge in [-0.05, 0) is 38.5 Å². The van der Waals surface area contributed by atoms with Gasteiger partial charge in [0.05, 0.1) is 0 Å². The van der Waals surface area contributed by atoms with Gasteiger partial charge in [-0.1, -0.05) is 0 Å². The first kappa shape index (κ1) is 14.5. The van der Waals surface area contributed by atoms with Crippen LogP contribution in [-0.2, 0) is 15.6 Å². The molecule has 0 spiro atoms. The number of nitrogens with zero attached hydrogens (tertiary/aromatic N) is 1. The largest absolute Gasteiger partial charge is 0.480 e. The molecule has 0 aromatic heterocycles. The van der Waals surface area contributed by atoms with E-state index < -0.39 is 22.3 Å². The Balaban J connectivity index is 1.67. The molecule has 1 saturated heterocycles. The molecule has 2 aliphatic carbocycles. The monoisotopic (exact) mass is 300 g/mol. The molecule has 3 rings (SSSR count). The zero-order chi connectivity index (χ0) is 14.2. The van der Waals surface area contributed by atoms with Gasteiger partial charge >= 0.3 is 5.97 Å². The van der Waals surface area contributed by atoms with Crippen LogP contribution in [-0.4, -0.2) is 62.4 Å². The Morgan fingerprint density at radius 3 is 2.55 bits per heavy atom. The normalized spacial score (nSPS) is 36.9. The van der Waals surface area contributed by atoms with Crippen LogP contribution in [0.3, 0.4) is 0 Å². The highest BCUT2D eigenvalue weighted by molar-refractivity contribution is 7.85. The molecule has 0 amide bonds. The molecule has 3 aliphatic rings. The van der Waals surface area contributed by atoms with E-state index >= 15 is 0 Å². The maximum Gasteiger partial charge on any atom is 0.323 e. The van der Waals surface area contributed by atoms with Crippen LogP contribution in [0.2, 0.25) is 0 Å². The first-order chi connectivity index (χ1) is 9.59. The minimum Gasteiger partial charge on any atom is -0.480 e. The zero-order valence-electron chi connectivity index (χ0n) is 11.8. The van der Waals surface area contributed by atoms with Gasteiger partial charge in [0.2, 0.25) is 0 Å². The smallest absolute Gasteiger partial charge is 0.323 e. The van der Waals surface area contributed by atoms with Gasteiger partial charge in [-0.2, -0.15) is 0 Å². The third-order valence-corrected chi connectivity index (χ3v) is 6.20. The lowest BCUT2D eigenvalue weighted by molar-refractivity contribution is -0.147. The van der Waals surface area contributed by atoms with Crippen molar-refractivity contribution in [1.29, 1.82) is 0 Å². The van der Waals surface area contributed by atoms with E-state index in [2.05, 4.69) is 10.2 Å². The van der Waals surface area contributed by atoms with E-state index in [0.29, 0.717) is 18.5 Å². The van der Waals surface area contributed by atoms with Crippen LogP contribution in [0.25, 0.3) is 0 Å². The fraction of sp³-hybridized carbons (Fsp3) is 0.929. The fourth-order valence-electron chi connectivity index (χ4n) is 3.58. The summed E-state index contributed by atoms with van der Waals surface area (Å²) in [6, 6.07) is 0.752. The second-order valence-electron chi connectivity index (χ2n) is 6.44. The highest BCUT2D eigenvalue weighted by Gasteiger charge is 2.47. The predicted octanol–water partition coefficient (Wildman–Crippen LogP) is 0.569. The van der Waals surface area contributed by atoms with E-state index in [1.54, 1.807) is 0 Å². The highest BCUT2D eigenvalue weighted by atomic mass is 32.2.